The number of rotatable bonds is 1. The molecule has 0 amide bonds. The summed E-state index contributed by atoms with van der Waals surface area (Å²) >= 11 is 11.4. The van der Waals surface area contributed by atoms with Gasteiger partial charge >= 0.3 is 0 Å². The highest BCUT2D eigenvalue weighted by molar-refractivity contribution is 7.28. The molecule has 0 spiro atoms. The van der Waals surface area contributed by atoms with Crippen LogP contribution in [-0.4, -0.2) is 0 Å². The SMILES string of the molecule is Cc1cc2ccccc2c2c1sc1ccc3ccccc3c12.Cc1cc2ccccc2c2c1sc1ccccc12.Cc1ccc2sc3ccccc3c2c1.Cc1cccc2c1sc1c(-c3ccccc3)cccc12.Cc1cccc2c1sc1ccc3ccccc3c12.Cc1cccc2c1sc1ccccc12. The summed E-state index contributed by atoms with van der Waals surface area (Å²) in [4.78, 5) is 0. The largest absolute Gasteiger partial charge is 0.135 e. The van der Waals surface area contributed by atoms with Crippen molar-refractivity contribution in [1.29, 1.82) is 0 Å². The first-order valence-electron chi connectivity index (χ1n) is 36.1. The fraction of sp³-hybridized carbons (Fsp3) is 0.0600. The van der Waals surface area contributed by atoms with Crippen molar-refractivity contribution in [2.45, 2.75) is 41.5 Å². The van der Waals surface area contributed by atoms with Crippen LogP contribution < -0.4 is 0 Å². The summed E-state index contributed by atoms with van der Waals surface area (Å²) in [6.07, 6.45) is 0. The van der Waals surface area contributed by atoms with Crippen LogP contribution in [0.25, 0.3) is 175 Å². The number of benzene rings is 17. The molecule has 0 bridgehead atoms. The van der Waals surface area contributed by atoms with Crippen LogP contribution in [0.4, 0.5) is 0 Å². The van der Waals surface area contributed by atoms with Crippen LogP contribution >= 0.6 is 68.0 Å². The summed E-state index contributed by atoms with van der Waals surface area (Å²) in [5.74, 6) is 0. The lowest BCUT2D eigenvalue weighted by Crippen LogP contribution is -1.79. The number of fused-ring (bicyclic) bond motifs is 26. The van der Waals surface area contributed by atoms with Crippen LogP contribution in [-0.2, 0) is 0 Å². The maximum Gasteiger partial charge on any atom is 0.0433 e. The summed E-state index contributed by atoms with van der Waals surface area (Å²) in [5.41, 5.74) is 10.8. The van der Waals surface area contributed by atoms with Crippen molar-refractivity contribution in [1.82, 2.24) is 0 Å². The highest BCUT2D eigenvalue weighted by Crippen LogP contribution is 2.47. The van der Waals surface area contributed by atoms with Gasteiger partial charge < -0.3 is 0 Å². The third-order valence-electron chi connectivity index (χ3n) is 20.6. The Hall–Kier alpha value is -10.9. The van der Waals surface area contributed by atoms with Gasteiger partial charge in [-0.3, -0.25) is 0 Å². The quantitative estimate of drug-likeness (QED) is 0.154. The predicted octanol–water partition coefficient (Wildman–Crippen LogP) is 32.5. The molecule has 0 fully saturated rings. The summed E-state index contributed by atoms with van der Waals surface area (Å²) in [6.45, 7) is 13.2. The Morgan fingerprint density at radius 3 is 1.15 bits per heavy atom. The maximum atomic E-state index is 2.31. The van der Waals surface area contributed by atoms with Gasteiger partial charge in [-0.2, -0.15) is 0 Å². The Morgan fingerprint density at radius 2 is 0.538 bits per heavy atom. The molecule has 0 atom stereocenters. The Balaban J connectivity index is 0.0000000908. The van der Waals surface area contributed by atoms with Crippen molar-refractivity contribution in [2.24, 2.45) is 0 Å². The first-order valence-corrected chi connectivity index (χ1v) is 41.0. The van der Waals surface area contributed by atoms with E-state index in [0.29, 0.717) is 0 Å². The van der Waals surface area contributed by atoms with Crippen LogP contribution in [0.2, 0.25) is 0 Å². The van der Waals surface area contributed by atoms with Gasteiger partial charge in [-0.1, -0.05) is 279 Å². The van der Waals surface area contributed by atoms with Gasteiger partial charge in [-0.15, -0.1) is 68.0 Å². The predicted molar refractivity (Wildman–Crippen MR) is 480 cm³/mol. The van der Waals surface area contributed by atoms with Gasteiger partial charge in [0.1, 0.15) is 0 Å². The van der Waals surface area contributed by atoms with E-state index in [2.05, 4.69) is 369 Å². The third kappa shape index (κ3) is 12.3. The molecule has 0 aliphatic heterocycles. The zero-order chi connectivity index (χ0) is 71.5. The normalized spacial score (nSPS) is 11.5. The minimum absolute atomic E-state index is 1.29. The molecule has 0 aliphatic rings. The highest BCUT2D eigenvalue weighted by Gasteiger charge is 2.17. The summed E-state index contributed by atoms with van der Waals surface area (Å²) in [6, 6.07) is 118. The van der Waals surface area contributed by atoms with E-state index in [9.17, 15) is 0 Å². The van der Waals surface area contributed by atoms with Gasteiger partial charge in [-0.05, 0) is 178 Å². The van der Waals surface area contributed by atoms with Crippen LogP contribution in [0.3, 0.4) is 0 Å². The Bertz CT molecular complexity index is 7280. The minimum Gasteiger partial charge on any atom is -0.135 e. The van der Waals surface area contributed by atoms with Gasteiger partial charge in [0, 0.05) is 121 Å². The second-order valence-corrected chi connectivity index (χ2v) is 33.9. The van der Waals surface area contributed by atoms with Crippen LogP contribution in [0, 0.1) is 41.5 Å². The van der Waals surface area contributed by atoms with Gasteiger partial charge in [0.15, 0.2) is 0 Å². The zero-order valence-electron chi connectivity index (χ0n) is 59.6. The van der Waals surface area contributed by atoms with E-state index in [-0.39, 0.29) is 0 Å². The van der Waals surface area contributed by atoms with Crippen LogP contribution in [0.15, 0.2) is 328 Å². The molecule has 23 rings (SSSR count). The molecule has 0 N–H and O–H groups in total. The van der Waals surface area contributed by atoms with Crippen molar-refractivity contribution >= 4 is 232 Å². The maximum absolute atomic E-state index is 2.31. The van der Waals surface area contributed by atoms with E-state index in [4.69, 9.17) is 0 Å². The van der Waals surface area contributed by atoms with Gasteiger partial charge in [0.2, 0.25) is 0 Å². The van der Waals surface area contributed by atoms with E-state index < -0.39 is 0 Å². The second kappa shape index (κ2) is 28.5. The van der Waals surface area contributed by atoms with E-state index >= 15 is 0 Å². The molecule has 106 heavy (non-hydrogen) atoms. The molecule has 0 unspecified atom stereocenters. The lowest BCUT2D eigenvalue weighted by Gasteiger charge is -2.05. The molecule has 0 radical (unpaired) electrons. The first-order chi connectivity index (χ1) is 52.1. The molecule has 0 aliphatic carbocycles. The molecule has 6 aromatic heterocycles. The Labute approximate surface area is 640 Å². The fourth-order valence-corrected chi connectivity index (χ4v) is 22.7. The molecule has 0 saturated heterocycles. The van der Waals surface area contributed by atoms with Crippen molar-refractivity contribution in [3.8, 4) is 11.1 Å². The second-order valence-electron chi connectivity index (χ2n) is 27.6. The van der Waals surface area contributed by atoms with Crippen LogP contribution in [0.1, 0.15) is 33.4 Å². The minimum atomic E-state index is 1.29. The topological polar surface area (TPSA) is 0 Å². The lowest BCUT2D eigenvalue weighted by molar-refractivity contribution is 1.52. The lowest BCUT2D eigenvalue weighted by atomic mass is 9.98. The summed E-state index contributed by atoms with van der Waals surface area (Å²) in [5, 5.41) is 27.5. The Kier molecular flexibility index (Phi) is 18.0. The fourth-order valence-electron chi connectivity index (χ4n) is 15.5. The number of hydrogen-bond acceptors (Lipinski definition) is 6. The van der Waals surface area contributed by atoms with Gasteiger partial charge in [0.25, 0.3) is 0 Å². The molecular formula is C100H72S6. The van der Waals surface area contributed by atoms with Crippen molar-refractivity contribution in [2.75, 3.05) is 0 Å². The molecule has 0 saturated carbocycles. The molecule has 6 heteroatoms. The zero-order valence-corrected chi connectivity index (χ0v) is 64.5. The first kappa shape index (κ1) is 67.0. The molecule has 508 valence electrons. The average molecular weight is 1470 g/mol. The molecule has 0 nitrogen and oxygen atoms in total. The van der Waals surface area contributed by atoms with E-state index in [1.807, 2.05) is 68.0 Å². The smallest absolute Gasteiger partial charge is 0.0433 e. The van der Waals surface area contributed by atoms with Crippen molar-refractivity contribution in [3.63, 3.8) is 0 Å². The van der Waals surface area contributed by atoms with E-state index in [1.54, 1.807) is 0 Å². The van der Waals surface area contributed by atoms with Crippen LogP contribution in [0.5, 0.6) is 0 Å². The molecule has 6 heterocycles. The monoisotopic (exact) mass is 1460 g/mol. The number of aryl methyl sites for hydroxylation is 6. The van der Waals surface area contributed by atoms with Crippen molar-refractivity contribution in [3.05, 3.63) is 361 Å². The standard InChI is InChI=1S/C21H14S.C19H14S.2C17H12S.2C13H10S/c1-13-12-15-7-3-5-9-17(15)20-19-16-8-4-2-6-14(16)10-11-18(19)22-21(13)20;1-13-7-5-11-16-17-12-6-10-15(19(17)20-18(13)16)14-8-3-2-4-9-14;1-11-5-4-8-14-16-13-7-3-2-6-12(13)9-10-15(16)18-17(11)14;1-11-10-12-6-2-3-7-13(12)16-14-8-4-5-9-15(14)18-17(11)16;1-9-5-4-7-11-10-6-2-3-8-12(10)14-13(9)11;1-9-6-7-13-11(8-9)10-4-2-3-5-12(10)14-13/h2-12H,1H3;2-12H,1H3;2*2-10H,1H3;2*2-8H,1H3. The highest BCUT2D eigenvalue weighted by atomic mass is 32.1. The number of thiophene rings is 6. The third-order valence-corrected chi connectivity index (χ3v) is 28.4. The number of hydrogen-bond donors (Lipinski definition) is 0. The summed E-state index contributed by atoms with van der Waals surface area (Å²) < 4.78 is 16.8. The summed E-state index contributed by atoms with van der Waals surface area (Å²) in [7, 11) is 0. The van der Waals surface area contributed by atoms with E-state index in [0.717, 1.165) is 0 Å². The van der Waals surface area contributed by atoms with E-state index in [1.165, 1.54) is 209 Å². The molecule has 17 aromatic carbocycles. The Morgan fingerprint density at radius 1 is 0.170 bits per heavy atom. The molecular weight excluding hydrogens is 1390 g/mol. The molecule has 23 aromatic rings. The van der Waals surface area contributed by atoms with Gasteiger partial charge in [-0.25, -0.2) is 0 Å². The van der Waals surface area contributed by atoms with Crippen molar-refractivity contribution < 1.29 is 0 Å². The average Bonchev–Trinajstić information content (AvgIpc) is 1.55. The van der Waals surface area contributed by atoms with Gasteiger partial charge in [0.05, 0.1) is 0 Å².